The first-order valence-electron chi connectivity index (χ1n) is 13.2. The molecule has 2 aliphatic rings. The molecule has 3 aromatic carbocycles. The summed E-state index contributed by atoms with van der Waals surface area (Å²) in [5, 5.41) is 5.65. The molecular formula is C30H34F2N4O. The van der Waals surface area contributed by atoms with Crippen LogP contribution in [0.2, 0.25) is 0 Å². The lowest BCUT2D eigenvalue weighted by Crippen LogP contribution is -2.46. The molecule has 0 spiro atoms. The molecule has 7 heteroatoms. The number of hydrogen-bond acceptors (Lipinski definition) is 4. The molecule has 2 saturated heterocycles. The zero-order valence-electron chi connectivity index (χ0n) is 21.1. The number of benzene rings is 3. The fraction of sp³-hybridized carbons (Fsp3) is 0.367. The molecule has 0 atom stereocenters. The van der Waals surface area contributed by atoms with Crippen molar-refractivity contribution in [1.29, 1.82) is 0 Å². The highest BCUT2D eigenvalue weighted by molar-refractivity contribution is 6.04. The van der Waals surface area contributed by atoms with Crippen molar-refractivity contribution >= 4 is 23.0 Å². The van der Waals surface area contributed by atoms with E-state index >= 15 is 0 Å². The number of carbonyl (C=O) groups is 1. The van der Waals surface area contributed by atoms with E-state index in [0.717, 1.165) is 31.4 Å². The van der Waals surface area contributed by atoms with Gasteiger partial charge in [0.25, 0.3) is 5.91 Å². The monoisotopic (exact) mass is 504 g/mol. The van der Waals surface area contributed by atoms with Gasteiger partial charge in [-0.3, -0.25) is 9.69 Å². The van der Waals surface area contributed by atoms with Crippen molar-refractivity contribution in [3.63, 3.8) is 0 Å². The van der Waals surface area contributed by atoms with Gasteiger partial charge in [0, 0.05) is 29.5 Å². The van der Waals surface area contributed by atoms with Crippen molar-refractivity contribution in [3.05, 3.63) is 89.5 Å². The van der Waals surface area contributed by atoms with Crippen LogP contribution in [0, 0.1) is 11.6 Å². The van der Waals surface area contributed by atoms with Gasteiger partial charge >= 0.3 is 0 Å². The van der Waals surface area contributed by atoms with Crippen LogP contribution >= 0.6 is 0 Å². The lowest BCUT2D eigenvalue weighted by Gasteiger charge is -2.40. The summed E-state index contributed by atoms with van der Waals surface area (Å²) in [6.07, 6.45) is 6.58. The Kier molecular flexibility index (Phi) is 8.12. The predicted molar refractivity (Wildman–Crippen MR) is 144 cm³/mol. The van der Waals surface area contributed by atoms with Crippen LogP contribution in [-0.4, -0.2) is 47.9 Å². The Morgan fingerprint density at radius 1 is 0.784 bits per heavy atom. The maximum absolute atomic E-state index is 13.9. The molecule has 0 aliphatic carbocycles. The minimum atomic E-state index is -0.674. The standard InChI is InChI=1S/C30H34F2N4O/c31-27-5-4-6-28(32)29(27)33-24-13-9-23(10-14-24)30(37)34-25-11-7-22(8-12-25)21-35-19-15-26(16-20-35)36-17-2-1-3-18-36/h4-14,26,33H,1-3,15-21H2,(H,34,37). The number of anilines is 3. The first kappa shape index (κ1) is 25.4. The van der Waals surface area contributed by atoms with Gasteiger partial charge in [0.2, 0.25) is 0 Å². The number of rotatable bonds is 7. The van der Waals surface area contributed by atoms with Gasteiger partial charge in [-0.05, 0) is 106 Å². The lowest BCUT2D eigenvalue weighted by molar-refractivity contribution is 0.0896. The third-order valence-corrected chi connectivity index (χ3v) is 7.46. The first-order valence-corrected chi connectivity index (χ1v) is 13.2. The van der Waals surface area contributed by atoms with Crippen molar-refractivity contribution in [2.24, 2.45) is 0 Å². The summed E-state index contributed by atoms with van der Waals surface area (Å²) in [5.41, 5.74) is 2.70. The van der Waals surface area contributed by atoms with E-state index in [0.29, 0.717) is 11.3 Å². The minimum Gasteiger partial charge on any atom is -0.351 e. The van der Waals surface area contributed by atoms with Crippen LogP contribution in [-0.2, 0) is 6.54 Å². The summed E-state index contributed by atoms with van der Waals surface area (Å²) in [5.74, 6) is -1.59. The van der Waals surface area contributed by atoms with Gasteiger partial charge < -0.3 is 15.5 Å². The maximum Gasteiger partial charge on any atom is 0.255 e. The van der Waals surface area contributed by atoms with Gasteiger partial charge in [0.15, 0.2) is 0 Å². The number of nitrogens with zero attached hydrogens (tertiary/aromatic N) is 2. The van der Waals surface area contributed by atoms with Crippen molar-refractivity contribution in [2.75, 3.05) is 36.8 Å². The van der Waals surface area contributed by atoms with Crippen LogP contribution < -0.4 is 10.6 Å². The van der Waals surface area contributed by atoms with Gasteiger partial charge in [0.1, 0.15) is 17.3 Å². The Balaban J connectivity index is 1.10. The topological polar surface area (TPSA) is 47.6 Å². The summed E-state index contributed by atoms with van der Waals surface area (Å²) in [6, 6.07) is 19.0. The van der Waals surface area contributed by atoms with Gasteiger partial charge in [-0.25, -0.2) is 8.78 Å². The second-order valence-corrected chi connectivity index (χ2v) is 10.1. The van der Waals surface area contributed by atoms with E-state index < -0.39 is 11.6 Å². The second-order valence-electron chi connectivity index (χ2n) is 10.1. The average Bonchev–Trinajstić information content (AvgIpc) is 2.93. The van der Waals surface area contributed by atoms with Gasteiger partial charge in [-0.1, -0.05) is 24.6 Å². The van der Waals surface area contributed by atoms with Crippen molar-refractivity contribution < 1.29 is 13.6 Å². The van der Waals surface area contributed by atoms with Crippen LogP contribution in [0.25, 0.3) is 0 Å². The van der Waals surface area contributed by atoms with Crippen LogP contribution in [0.4, 0.5) is 25.8 Å². The SMILES string of the molecule is O=C(Nc1ccc(CN2CCC(N3CCCCC3)CC2)cc1)c1ccc(Nc2c(F)cccc2F)cc1. The van der Waals surface area contributed by atoms with E-state index in [4.69, 9.17) is 0 Å². The van der Waals surface area contributed by atoms with Crippen LogP contribution in [0.3, 0.4) is 0 Å². The van der Waals surface area contributed by atoms with Crippen LogP contribution in [0.1, 0.15) is 48.0 Å². The molecule has 0 aromatic heterocycles. The Labute approximate surface area is 217 Å². The fourth-order valence-electron chi connectivity index (χ4n) is 5.35. The van der Waals surface area contributed by atoms with Gasteiger partial charge in [-0.2, -0.15) is 0 Å². The number of amides is 1. The molecule has 2 N–H and O–H groups in total. The fourth-order valence-corrected chi connectivity index (χ4v) is 5.35. The first-order chi connectivity index (χ1) is 18.0. The smallest absolute Gasteiger partial charge is 0.255 e. The summed E-state index contributed by atoms with van der Waals surface area (Å²) < 4.78 is 27.7. The maximum atomic E-state index is 13.9. The average molecular weight is 505 g/mol. The zero-order valence-corrected chi connectivity index (χ0v) is 21.1. The molecule has 0 unspecified atom stereocenters. The summed E-state index contributed by atoms with van der Waals surface area (Å²) in [4.78, 5) is 17.9. The second kappa shape index (κ2) is 11.8. The molecule has 37 heavy (non-hydrogen) atoms. The number of nitrogens with one attached hydrogen (secondary N) is 2. The predicted octanol–water partition coefficient (Wildman–Crippen LogP) is 6.41. The third kappa shape index (κ3) is 6.53. The molecule has 5 nitrogen and oxygen atoms in total. The molecule has 1 amide bonds. The van der Waals surface area contributed by atoms with E-state index in [1.54, 1.807) is 24.3 Å². The normalized spacial score (nSPS) is 17.5. The molecule has 2 fully saturated rings. The van der Waals surface area contributed by atoms with Crippen molar-refractivity contribution in [2.45, 2.75) is 44.7 Å². The highest BCUT2D eigenvalue weighted by Crippen LogP contribution is 2.24. The molecular weight excluding hydrogens is 470 g/mol. The van der Waals surface area contributed by atoms with Gasteiger partial charge in [-0.15, -0.1) is 0 Å². The van der Waals surface area contributed by atoms with E-state index in [2.05, 4.69) is 32.6 Å². The number of halogens is 2. The van der Waals surface area contributed by atoms with Crippen molar-refractivity contribution in [3.8, 4) is 0 Å². The number of likely N-dealkylation sites (tertiary alicyclic amines) is 2. The van der Waals surface area contributed by atoms with Crippen LogP contribution in [0.15, 0.2) is 66.7 Å². The third-order valence-electron chi connectivity index (χ3n) is 7.46. The molecule has 194 valence electrons. The largest absolute Gasteiger partial charge is 0.351 e. The quantitative estimate of drug-likeness (QED) is 0.390. The summed E-state index contributed by atoms with van der Waals surface area (Å²) in [6.45, 7) is 5.74. The highest BCUT2D eigenvalue weighted by atomic mass is 19.1. The van der Waals surface area contributed by atoms with Gasteiger partial charge in [0.05, 0.1) is 0 Å². The molecule has 0 bridgehead atoms. The van der Waals surface area contributed by atoms with Crippen LogP contribution in [0.5, 0.6) is 0 Å². The Morgan fingerprint density at radius 3 is 2.05 bits per heavy atom. The molecule has 3 aromatic rings. The Bertz CT molecular complexity index is 1160. The number of piperidine rings is 2. The van der Waals surface area contributed by atoms with E-state index in [9.17, 15) is 13.6 Å². The molecule has 0 radical (unpaired) electrons. The number of carbonyl (C=O) groups excluding carboxylic acids is 1. The minimum absolute atomic E-state index is 0.217. The van der Waals surface area contributed by atoms with E-state index in [1.807, 2.05) is 12.1 Å². The Morgan fingerprint density at radius 2 is 1.41 bits per heavy atom. The lowest BCUT2D eigenvalue weighted by atomic mass is 9.99. The zero-order chi connectivity index (χ0) is 25.6. The molecule has 2 aliphatic heterocycles. The van der Waals surface area contributed by atoms with E-state index in [-0.39, 0.29) is 11.6 Å². The molecule has 5 rings (SSSR count). The number of para-hydroxylation sites is 1. The number of hydrogen-bond donors (Lipinski definition) is 2. The molecule has 0 saturated carbocycles. The molecule has 2 heterocycles. The van der Waals surface area contributed by atoms with E-state index in [1.165, 1.54) is 69.0 Å². The summed E-state index contributed by atoms with van der Waals surface area (Å²) >= 11 is 0. The summed E-state index contributed by atoms with van der Waals surface area (Å²) in [7, 11) is 0. The Hall–Kier alpha value is -3.29. The highest BCUT2D eigenvalue weighted by Gasteiger charge is 2.25. The van der Waals surface area contributed by atoms with Crippen molar-refractivity contribution in [1.82, 2.24) is 9.80 Å².